The molecule has 5 heteroatoms. The number of fused-ring (bicyclic) bond motifs is 6. The van der Waals surface area contributed by atoms with E-state index in [1.165, 1.54) is 60.1 Å². The molecule has 0 spiro atoms. The molecule has 6 rings (SSSR count). The van der Waals surface area contributed by atoms with Gasteiger partial charge in [-0.25, -0.2) is 4.99 Å². The Kier molecular flexibility index (Phi) is 7.97. The predicted molar refractivity (Wildman–Crippen MR) is 182 cm³/mol. The summed E-state index contributed by atoms with van der Waals surface area (Å²) in [7, 11) is -1.64. The molecule has 0 amide bonds. The van der Waals surface area contributed by atoms with Gasteiger partial charge in [0.25, 0.3) is 0 Å². The van der Waals surface area contributed by atoms with Gasteiger partial charge in [-0.2, -0.15) is 4.57 Å². The second-order valence-electron chi connectivity index (χ2n) is 14.3. The normalized spacial score (nSPS) is 22.4. The van der Waals surface area contributed by atoms with Gasteiger partial charge in [0.05, 0.1) is 19.7 Å². The third kappa shape index (κ3) is 5.76. The topological polar surface area (TPSA) is 37.5 Å². The Labute approximate surface area is 259 Å². The summed E-state index contributed by atoms with van der Waals surface area (Å²) >= 11 is 0. The maximum Gasteiger partial charge on any atom is 0.213 e. The Balaban J connectivity index is 1.56. The van der Waals surface area contributed by atoms with E-state index < -0.39 is 8.07 Å². The van der Waals surface area contributed by atoms with Gasteiger partial charge >= 0.3 is 0 Å². The van der Waals surface area contributed by atoms with E-state index >= 15 is 0 Å². The van der Waals surface area contributed by atoms with Crippen molar-refractivity contribution in [1.29, 1.82) is 0 Å². The zero-order valence-corrected chi connectivity index (χ0v) is 27.9. The summed E-state index contributed by atoms with van der Waals surface area (Å²) < 4.78 is 8.58. The summed E-state index contributed by atoms with van der Waals surface area (Å²) in [5.74, 6) is 2.19. The fraction of sp³-hybridized carbons (Fsp3) is 0.421. The van der Waals surface area contributed by atoms with Crippen molar-refractivity contribution >= 4 is 19.0 Å². The summed E-state index contributed by atoms with van der Waals surface area (Å²) in [6.45, 7) is 25.5. The van der Waals surface area contributed by atoms with Crippen LogP contribution in [0.3, 0.4) is 0 Å². The molecule has 1 aliphatic carbocycles. The molecule has 1 fully saturated rings. The van der Waals surface area contributed by atoms with Gasteiger partial charge in [-0.3, -0.25) is 0 Å². The summed E-state index contributed by atoms with van der Waals surface area (Å²) in [5, 5.41) is 4.94. The maximum atomic E-state index is 6.02. The van der Waals surface area contributed by atoms with Gasteiger partial charge < -0.3 is 10.1 Å². The van der Waals surface area contributed by atoms with E-state index in [1.54, 1.807) is 10.8 Å². The second kappa shape index (κ2) is 11.6. The Morgan fingerprint density at radius 1 is 1.09 bits per heavy atom. The highest BCUT2D eigenvalue weighted by Crippen LogP contribution is 2.46. The maximum absolute atomic E-state index is 6.02. The number of aromatic nitrogens is 1. The van der Waals surface area contributed by atoms with Crippen LogP contribution < -0.4 is 15.1 Å². The molecule has 2 atom stereocenters. The molecule has 2 unspecified atom stereocenters. The minimum absolute atomic E-state index is 0.0294. The number of hydrogen-bond acceptors (Lipinski definition) is 3. The van der Waals surface area contributed by atoms with Crippen LogP contribution in [-0.2, 0) is 11.2 Å². The first kappa shape index (κ1) is 29.6. The van der Waals surface area contributed by atoms with Crippen LogP contribution in [-0.4, -0.2) is 20.3 Å². The standard InChI is InChI=1S/C38H48N3OSi/c1-24(2)19-34-37-26(4)42-27(5)39-22-29(37)17-18-33-31-15-11-12-16-32(31)35-21-30(20-28-13-9-10-14-28)36(43(6,7)8)23-41(35)38(33)25(3)40-34/h11-12,15-16,19,21,23,28,33,38-39H,3-5,9-10,13-14,17-18,20,22H2,1-2,6-8H3/q+1. The minimum Gasteiger partial charge on any atom is -0.442 e. The van der Waals surface area contributed by atoms with Crippen LogP contribution in [0, 0.1) is 5.92 Å². The van der Waals surface area contributed by atoms with Crippen LogP contribution in [0.4, 0.5) is 0 Å². The lowest BCUT2D eigenvalue weighted by atomic mass is 9.78. The lowest BCUT2D eigenvalue weighted by Crippen LogP contribution is -2.54. The molecule has 0 bridgehead atoms. The number of nitrogens with one attached hydrogen (secondary N) is 1. The van der Waals surface area contributed by atoms with Crippen molar-refractivity contribution in [3.63, 3.8) is 0 Å². The number of nitrogens with zero attached hydrogens (tertiary/aromatic N) is 2. The van der Waals surface area contributed by atoms with E-state index in [4.69, 9.17) is 16.3 Å². The number of aliphatic imine (C=N–C) groups is 1. The van der Waals surface area contributed by atoms with Crippen molar-refractivity contribution in [1.82, 2.24) is 5.32 Å². The van der Waals surface area contributed by atoms with Crippen molar-refractivity contribution in [3.8, 4) is 11.3 Å². The molecule has 3 aliphatic heterocycles. The van der Waals surface area contributed by atoms with E-state index in [9.17, 15) is 0 Å². The second-order valence-corrected chi connectivity index (χ2v) is 19.3. The number of allylic oxidation sites excluding steroid dienone is 4. The van der Waals surface area contributed by atoms with E-state index in [0.717, 1.165) is 35.7 Å². The summed E-state index contributed by atoms with van der Waals surface area (Å²) in [5.41, 5.74) is 10.8. The Morgan fingerprint density at radius 3 is 2.56 bits per heavy atom. The van der Waals surface area contributed by atoms with Gasteiger partial charge in [-0.15, -0.1) is 0 Å². The zero-order valence-electron chi connectivity index (χ0n) is 26.9. The molecule has 1 saturated carbocycles. The number of benzene rings is 1. The molecule has 224 valence electrons. The van der Waals surface area contributed by atoms with Crippen molar-refractivity contribution in [2.45, 2.75) is 90.4 Å². The van der Waals surface area contributed by atoms with Crippen molar-refractivity contribution < 1.29 is 9.30 Å². The summed E-state index contributed by atoms with van der Waals surface area (Å²) in [6, 6.07) is 11.7. The van der Waals surface area contributed by atoms with Gasteiger partial charge in [0.2, 0.25) is 11.7 Å². The highest BCUT2D eigenvalue weighted by molar-refractivity contribution is 6.89. The summed E-state index contributed by atoms with van der Waals surface area (Å²) in [6.07, 6.45) is 13.3. The molecule has 2 aromatic rings. The predicted octanol–water partition coefficient (Wildman–Crippen LogP) is 8.17. The highest BCUT2D eigenvalue weighted by atomic mass is 28.3. The number of rotatable bonds is 4. The van der Waals surface area contributed by atoms with Gasteiger partial charge in [0, 0.05) is 28.9 Å². The SMILES string of the molecule is C=C1NCC2=C(C(=C)O1)C(C=C(C)C)=NC(=C)C1C(CC2)c2ccccc2-c2cc(CC3CCCC3)c([Si](C)(C)C)c[n+]21. The third-order valence-corrected chi connectivity index (χ3v) is 11.8. The quantitative estimate of drug-likeness (QED) is 0.288. The van der Waals surface area contributed by atoms with Gasteiger partial charge in [0.1, 0.15) is 11.5 Å². The monoisotopic (exact) mass is 590 g/mol. The minimum atomic E-state index is -1.64. The zero-order chi connectivity index (χ0) is 30.5. The van der Waals surface area contributed by atoms with Crippen LogP contribution in [0.2, 0.25) is 19.6 Å². The molecular formula is C38H48N3OSi+. The Morgan fingerprint density at radius 2 is 1.84 bits per heavy atom. The van der Waals surface area contributed by atoms with E-state index in [0.29, 0.717) is 18.2 Å². The number of hydrogen-bond donors (Lipinski definition) is 1. The van der Waals surface area contributed by atoms with Crippen LogP contribution >= 0.6 is 0 Å². The van der Waals surface area contributed by atoms with E-state index in [2.05, 4.69) is 99.1 Å². The van der Waals surface area contributed by atoms with Crippen LogP contribution in [0.1, 0.15) is 75.5 Å². The average Bonchev–Trinajstić information content (AvgIpc) is 3.41. The largest absolute Gasteiger partial charge is 0.442 e. The Hall–Kier alpha value is -3.44. The third-order valence-electron chi connectivity index (χ3n) is 9.73. The van der Waals surface area contributed by atoms with Gasteiger partial charge in [-0.1, -0.05) is 82.3 Å². The molecule has 4 aliphatic rings. The fourth-order valence-electron chi connectivity index (χ4n) is 7.80. The van der Waals surface area contributed by atoms with Gasteiger partial charge in [-0.05, 0) is 74.4 Å². The van der Waals surface area contributed by atoms with Crippen LogP contribution in [0.5, 0.6) is 0 Å². The molecule has 1 N–H and O–H groups in total. The smallest absolute Gasteiger partial charge is 0.213 e. The van der Waals surface area contributed by atoms with Gasteiger partial charge in [0.15, 0.2) is 12.1 Å². The van der Waals surface area contributed by atoms with Crippen molar-refractivity contribution in [2.75, 3.05) is 6.54 Å². The fourth-order valence-corrected chi connectivity index (χ4v) is 9.46. The molecule has 1 aromatic carbocycles. The van der Waals surface area contributed by atoms with Crippen molar-refractivity contribution in [2.24, 2.45) is 10.9 Å². The molecular weight excluding hydrogens is 543 g/mol. The lowest BCUT2D eigenvalue weighted by molar-refractivity contribution is -0.708. The molecule has 4 nitrogen and oxygen atoms in total. The first-order valence-electron chi connectivity index (χ1n) is 16.1. The number of pyridine rings is 1. The molecule has 1 aromatic heterocycles. The van der Waals surface area contributed by atoms with Crippen LogP contribution in [0.25, 0.3) is 11.3 Å². The Bertz CT molecular complexity index is 1590. The first-order valence-corrected chi connectivity index (χ1v) is 19.6. The molecule has 4 heterocycles. The van der Waals surface area contributed by atoms with Crippen LogP contribution in [0.15, 0.2) is 101 Å². The van der Waals surface area contributed by atoms with E-state index in [-0.39, 0.29) is 12.0 Å². The molecule has 0 radical (unpaired) electrons. The molecule has 0 saturated heterocycles. The summed E-state index contributed by atoms with van der Waals surface area (Å²) in [4.78, 5) is 5.37. The highest BCUT2D eigenvalue weighted by Gasteiger charge is 2.44. The number of ether oxygens (including phenoxy) is 1. The first-order chi connectivity index (χ1) is 20.5. The average molecular weight is 591 g/mol. The van der Waals surface area contributed by atoms with E-state index in [1.807, 2.05) is 0 Å². The molecule has 43 heavy (non-hydrogen) atoms. The lowest BCUT2D eigenvalue weighted by Gasteiger charge is -2.32. The van der Waals surface area contributed by atoms with Crippen molar-refractivity contribution in [3.05, 3.63) is 108 Å².